The zero-order chi connectivity index (χ0) is 11.4. The van der Waals surface area contributed by atoms with Crippen molar-refractivity contribution in [3.8, 4) is 11.5 Å². The van der Waals surface area contributed by atoms with Gasteiger partial charge >= 0.3 is 0 Å². The summed E-state index contributed by atoms with van der Waals surface area (Å²) in [5.41, 5.74) is 1.78. The van der Waals surface area contributed by atoms with Crippen LogP contribution in [-0.2, 0) is 0 Å². The lowest BCUT2D eigenvalue weighted by molar-refractivity contribution is 0.483. The summed E-state index contributed by atoms with van der Waals surface area (Å²) in [7, 11) is 0. The van der Waals surface area contributed by atoms with Crippen LogP contribution in [0.5, 0.6) is 11.5 Å². The average molecular weight is 209 g/mol. The van der Waals surface area contributed by atoms with E-state index in [1.165, 1.54) is 5.56 Å². The highest BCUT2D eigenvalue weighted by Crippen LogP contribution is 2.25. The van der Waals surface area contributed by atoms with Gasteiger partial charge in [0, 0.05) is 0 Å². The fourth-order valence-corrected chi connectivity index (χ4v) is 1.36. The van der Waals surface area contributed by atoms with Gasteiger partial charge < -0.3 is 4.74 Å². The summed E-state index contributed by atoms with van der Waals surface area (Å²) in [6, 6.07) is 15.0. The molecule has 0 fully saturated rings. The van der Waals surface area contributed by atoms with Gasteiger partial charge in [-0.2, -0.15) is 0 Å². The Labute approximate surface area is 94.9 Å². The van der Waals surface area contributed by atoms with Crippen LogP contribution in [0.2, 0.25) is 0 Å². The second-order valence-corrected chi connectivity index (χ2v) is 3.52. The Kier molecular flexibility index (Phi) is 2.88. The van der Waals surface area contributed by atoms with Gasteiger partial charge in [-0.1, -0.05) is 29.8 Å². The average Bonchev–Trinajstić information content (AvgIpc) is 2.32. The third kappa shape index (κ3) is 2.40. The highest BCUT2D eigenvalue weighted by Gasteiger charge is 1.98. The van der Waals surface area contributed by atoms with Crippen molar-refractivity contribution in [3.63, 3.8) is 0 Å². The Morgan fingerprint density at radius 1 is 1.00 bits per heavy atom. The molecule has 0 bridgehead atoms. The number of hydrogen-bond donors (Lipinski definition) is 0. The van der Waals surface area contributed by atoms with Crippen LogP contribution in [0.3, 0.4) is 0 Å². The largest absolute Gasteiger partial charge is 0.459 e. The van der Waals surface area contributed by atoms with Gasteiger partial charge in [-0.15, -0.1) is 0 Å². The summed E-state index contributed by atoms with van der Waals surface area (Å²) in [5, 5.41) is 0. The first-order valence-electron chi connectivity index (χ1n) is 5.00. The van der Waals surface area contributed by atoms with Gasteiger partial charge in [-0.25, -0.2) is 4.85 Å². The van der Waals surface area contributed by atoms with Crippen molar-refractivity contribution in [2.45, 2.75) is 6.92 Å². The second-order valence-electron chi connectivity index (χ2n) is 3.52. The summed E-state index contributed by atoms with van der Waals surface area (Å²) >= 11 is 0. The first kappa shape index (κ1) is 10.3. The molecular weight excluding hydrogens is 198 g/mol. The van der Waals surface area contributed by atoms with Gasteiger partial charge in [0.25, 0.3) is 0 Å². The van der Waals surface area contributed by atoms with E-state index in [-0.39, 0.29) is 0 Å². The maximum absolute atomic E-state index is 6.92. The van der Waals surface area contributed by atoms with Crippen molar-refractivity contribution in [3.05, 3.63) is 65.5 Å². The topological polar surface area (TPSA) is 13.6 Å². The maximum Gasteiger partial charge on any atom is 0.190 e. The lowest BCUT2D eigenvalue weighted by atomic mass is 10.2. The molecule has 0 N–H and O–H groups in total. The van der Waals surface area contributed by atoms with E-state index in [0.29, 0.717) is 11.4 Å². The minimum atomic E-state index is 0.588. The first-order chi connectivity index (χ1) is 7.78. The van der Waals surface area contributed by atoms with Crippen LogP contribution in [0, 0.1) is 13.5 Å². The van der Waals surface area contributed by atoms with E-state index in [1.54, 1.807) is 12.1 Å². The number of aryl methyl sites for hydroxylation is 1. The molecule has 0 radical (unpaired) electrons. The standard InChI is InChI=1S/C14H11NO/c1-11-6-8-13(9-7-11)16-14-5-3-4-12(10-14)15-2/h3-10H,1H3. The fraction of sp³-hybridized carbons (Fsp3) is 0.0714. The van der Waals surface area contributed by atoms with Crippen molar-refractivity contribution in [1.82, 2.24) is 0 Å². The molecule has 0 aliphatic heterocycles. The molecule has 0 saturated carbocycles. The highest BCUT2D eigenvalue weighted by atomic mass is 16.5. The Morgan fingerprint density at radius 2 is 1.75 bits per heavy atom. The van der Waals surface area contributed by atoms with Crippen molar-refractivity contribution in [1.29, 1.82) is 0 Å². The fourth-order valence-electron chi connectivity index (χ4n) is 1.36. The summed E-state index contributed by atoms with van der Waals surface area (Å²) in [4.78, 5) is 3.36. The normalized spacial score (nSPS) is 9.50. The molecule has 0 unspecified atom stereocenters. The molecule has 0 aliphatic carbocycles. The Balaban J connectivity index is 2.21. The van der Waals surface area contributed by atoms with E-state index < -0.39 is 0 Å². The number of ether oxygens (including phenoxy) is 1. The van der Waals surface area contributed by atoms with Crippen LogP contribution in [0.25, 0.3) is 4.85 Å². The molecule has 0 amide bonds. The summed E-state index contributed by atoms with van der Waals surface area (Å²) in [5.74, 6) is 1.48. The molecule has 2 aromatic carbocycles. The molecule has 2 heteroatoms. The highest BCUT2D eigenvalue weighted by molar-refractivity contribution is 5.49. The van der Waals surface area contributed by atoms with Crippen LogP contribution in [0.1, 0.15) is 5.56 Å². The van der Waals surface area contributed by atoms with Crippen LogP contribution in [-0.4, -0.2) is 0 Å². The van der Waals surface area contributed by atoms with Gasteiger partial charge in [-0.05, 0) is 31.2 Å². The minimum Gasteiger partial charge on any atom is -0.459 e. The van der Waals surface area contributed by atoms with Gasteiger partial charge in [0.1, 0.15) is 11.5 Å². The second kappa shape index (κ2) is 4.50. The maximum atomic E-state index is 6.92. The number of rotatable bonds is 2. The van der Waals surface area contributed by atoms with E-state index in [4.69, 9.17) is 11.3 Å². The quantitative estimate of drug-likeness (QED) is 0.671. The molecule has 16 heavy (non-hydrogen) atoms. The van der Waals surface area contributed by atoms with Gasteiger partial charge in [0.15, 0.2) is 5.69 Å². The van der Waals surface area contributed by atoms with Crippen LogP contribution >= 0.6 is 0 Å². The molecule has 2 rings (SSSR count). The van der Waals surface area contributed by atoms with Crippen molar-refractivity contribution in [2.75, 3.05) is 0 Å². The minimum absolute atomic E-state index is 0.588. The Hall–Kier alpha value is -2.27. The predicted molar refractivity (Wildman–Crippen MR) is 64.0 cm³/mol. The number of nitrogens with zero attached hydrogens (tertiary/aromatic N) is 1. The van der Waals surface area contributed by atoms with Crippen LogP contribution in [0.4, 0.5) is 5.69 Å². The zero-order valence-electron chi connectivity index (χ0n) is 8.97. The van der Waals surface area contributed by atoms with Crippen LogP contribution in [0.15, 0.2) is 48.5 Å². The van der Waals surface area contributed by atoms with Crippen LogP contribution < -0.4 is 4.74 Å². The molecule has 0 spiro atoms. The van der Waals surface area contributed by atoms with E-state index in [9.17, 15) is 0 Å². The van der Waals surface area contributed by atoms with E-state index in [0.717, 1.165) is 5.75 Å². The molecule has 0 saturated heterocycles. The summed E-state index contributed by atoms with van der Waals surface area (Å²) < 4.78 is 5.63. The summed E-state index contributed by atoms with van der Waals surface area (Å²) in [6.45, 7) is 8.95. The van der Waals surface area contributed by atoms with E-state index in [1.807, 2.05) is 43.3 Å². The first-order valence-corrected chi connectivity index (χ1v) is 5.00. The third-order valence-electron chi connectivity index (χ3n) is 2.20. The zero-order valence-corrected chi connectivity index (χ0v) is 8.97. The monoisotopic (exact) mass is 209 g/mol. The van der Waals surface area contributed by atoms with E-state index in [2.05, 4.69) is 4.85 Å². The lowest BCUT2D eigenvalue weighted by Crippen LogP contribution is -1.83. The molecule has 0 aliphatic rings. The molecule has 0 heterocycles. The SMILES string of the molecule is [C-]#[N+]c1cccc(Oc2ccc(C)cc2)c1. The Morgan fingerprint density at radius 3 is 2.44 bits per heavy atom. The van der Waals surface area contributed by atoms with Crippen molar-refractivity contribution >= 4 is 5.69 Å². The van der Waals surface area contributed by atoms with Gasteiger partial charge in [0.05, 0.1) is 6.57 Å². The van der Waals surface area contributed by atoms with Gasteiger partial charge in [0.2, 0.25) is 0 Å². The smallest absolute Gasteiger partial charge is 0.190 e. The molecule has 2 aromatic rings. The van der Waals surface area contributed by atoms with Gasteiger partial charge in [-0.3, -0.25) is 0 Å². The third-order valence-corrected chi connectivity index (χ3v) is 2.20. The molecule has 0 aromatic heterocycles. The molecule has 78 valence electrons. The summed E-state index contributed by atoms with van der Waals surface area (Å²) in [6.07, 6.45) is 0. The molecule has 2 nitrogen and oxygen atoms in total. The van der Waals surface area contributed by atoms with E-state index >= 15 is 0 Å². The molecule has 0 atom stereocenters. The predicted octanol–water partition coefficient (Wildman–Crippen LogP) is 4.34. The lowest BCUT2D eigenvalue weighted by Gasteiger charge is -2.05. The number of hydrogen-bond acceptors (Lipinski definition) is 1. The molecular formula is C14H11NO. The van der Waals surface area contributed by atoms with Crippen molar-refractivity contribution < 1.29 is 4.74 Å². The number of benzene rings is 2. The van der Waals surface area contributed by atoms with Crippen molar-refractivity contribution in [2.24, 2.45) is 0 Å². The Bertz CT molecular complexity index is 523.